The van der Waals surface area contributed by atoms with E-state index < -0.39 is 5.97 Å². The lowest BCUT2D eigenvalue weighted by molar-refractivity contribution is -0.138. The molecule has 6 nitrogen and oxygen atoms in total. The fourth-order valence-corrected chi connectivity index (χ4v) is 1.78. The van der Waals surface area contributed by atoms with Gasteiger partial charge in [0, 0.05) is 12.1 Å². The molecule has 2 N–H and O–H groups in total. The summed E-state index contributed by atoms with van der Waals surface area (Å²) in [6, 6.07) is 14.5. The molecule has 0 spiro atoms. The van der Waals surface area contributed by atoms with Crippen LogP contribution in [0.3, 0.4) is 0 Å². The quantitative estimate of drug-likeness (QED) is 0.783. The predicted octanol–water partition coefficient (Wildman–Crippen LogP) is 4.21. The molecule has 0 fully saturated rings. The van der Waals surface area contributed by atoms with E-state index in [0.717, 1.165) is 11.3 Å². The van der Waals surface area contributed by atoms with Crippen molar-refractivity contribution in [3.8, 4) is 0 Å². The average molecular weight is 311 g/mol. The standard InChI is InChI=1S/C17H17N3O3/c1-12-2-4-14(5-3-12)19-20-15-8-6-13(7-9-15)18-16(21)10-11-17(22)23/h2-9H,10-11H2,1H3,(H,18,21)(H,22,23). The van der Waals surface area contributed by atoms with Crippen LogP contribution in [0.4, 0.5) is 17.1 Å². The van der Waals surface area contributed by atoms with Gasteiger partial charge in [-0.25, -0.2) is 0 Å². The summed E-state index contributed by atoms with van der Waals surface area (Å²) in [5.74, 6) is -1.33. The zero-order valence-electron chi connectivity index (χ0n) is 12.7. The summed E-state index contributed by atoms with van der Waals surface area (Å²) < 4.78 is 0. The van der Waals surface area contributed by atoms with Crippen molar-refractivity contribution in [1.29, 1.82) is 0 Å². The van der Waals surface area contributed by atoms with E-state index in [1.807, 2.05) is 31.2 Å². The third-order valence-electron chi connectivity index (χ3n) is 3.03. The Labute approximate surface area is 133 Å². The topological polar surface area (TPSA) is 91.1 Å². The van der Waals surface area contributed by atoms with Crippen LogP contribution in [0.5, 0.6) is 0 Å². The summed E-state index contributed by atoms with van der Waals surface area (Å²) in [6.45, 7) is 2.00. The highest BCUT2D eigenvalue weighted by molar-refractivity contribution is 5.92. The molecule has 0 aliphatic heterocycles. The molecule has 1 amide bonds. The van der Waals surface area contributed by atoms with Gasteiger partial charge in [-0.15, -0.1) is 0 Å². The summed E-state index contributed by atoms with van der Waals surface area (Å²) in [5, 5.41) is 19.4. The van der Waals surface area contributed by atoms with Crippen molar-refractivity contribution in [2.75, 3.05) is 5.32 Å². The molecule has 0 unspecified atom stereocenters. The lowest BCUT2D eigenvalue weighted by atomic mass is 10.2. The van der Waals surface area contributed by atoms with Crippen molar-refractivity contribution >= 4 is 28.9 Å². The van der Waals surface area contributed by atoms with Gasteiger partial charge in [-0.2, -0.15) is 10.2 Å². The van der Waals surface area contributed by atoms with Crippen LogP contribution in [-0.4, -0.2) is 17.0 Å². The lowest BCUT2D eigenvalue weighted by Gasteiger charge is -2.04. The molecule has 2 rings (SSSR count). The molecule has 0 aliphatic carbocycles. The fourth-order valence-electron chi connectivity index (χ4n) is 1.78. The Morgan fingerprint density at radius 2 is 1.43 bits per heavy atom. The molecule has 23 heavy (non-hydrogen) atoms. The highest BCUT2D eigenvalue weighted by Gasteiger charge is 2.05. The predicted molar refractivity (Wildman–Crippen MR) is 87.3 cm³/mol. The number of aliphatic carboxylic acids is 1. The van der Waals surface area contributed by atoms with Crippen LogP contribution in [0.2, 0.25) is 0 Å². The van der Waals surface area contributed by atoms with Crippen LogP contribution in [0.1, 0.15) is 18.4 Å². The van der Waals surface area contributed by atoms with Gasteiger partial charge in [0.25, 0.3) is 0 Å². The third-order valence-corrected chi connectivity index (χ3v) is 3.03. The second kappa shape index (κ2) is 7.84. The third kappa shape index (κ3) is 5.70. The van der Waals surface area contributed by atoms with Crippen LogP contribution in [-0.2, 0) is 9.59 Å². The van der Waals surface area contributed by atoms with Crippen LogP contribution in [0.25, 0.3) is 0 Å². The molecule has 6 heteroatoms. The molecular formula is C17H17N3O3. The number of amides is 1. The van der Waals surface area contributed by atoms with Gasteiger partial charge in [0.1, 0.15) is 0 Å². The van der Waals surface area contributed by atoms with Crippen molar-refractivity contribution in [3.05, 3.63) is 54.1 Å². The van der Waals surface area contributed by atoms with E-state index in [1.54, 1.807) is 24.3 Å². The molecule has 0 atom stereocenters. The van der Waals surface area contributed by atoms with Crippen LogP contribution >= 0.6 is 0 Å². The summed E-state index contributed by atoms with van der Waals surface area (Å²) >= 11 is 0. The molecule has 0 saturated heterocycles. The van der Waals surface area contributed by atoms with Gasteiger partial charge < -0.3 is 10.4 Å². The second-order valence-corrected chi connectivity index (χ2v) is 5.02. The molecule has 118 valence electrons. The summed E-state index contributed by atoms with van der Waals surface area (Å²) in [4.78, 5) is 21.9. The summed E-state index contributed by atoms with van der Waals surface area (Å²) in [5.41, 5.74) is 3.18. The lowest BCUT2D eigenvalue weighted by Crippen LogP contribution is -2.12. The number of carboxylic acid groups (broad SMARTS) is 1. The first-order chi connectivity index (χ1) is 11.0. The molecule has 0 aromatic heterocycles. The first-order valence-corrected chi connectivity index (χ1v) is 7.13. The number of carbonyl (C=O) groups excluding carboxylic acids is 1. The maximum atomic E-state index is 11.5. The largest absolute Gasteiger partial charge is 0.481 e. The number of hydrogen-bond acceptors (Lipinski definition) is 4. The fraction of sp³-hybridized carbons (Fsp3) is 0.176. The maximum Gasteiger partial charge on any atom is 0.303 e. The normalized spacial score (nSPS) is 10.7. The summed E-state index contributed by atoms with van der Waals surface area (Å²) in [7, 11) is 0. The Bertz CT molecular complexity index is 707. The van der Waals surface area contributed by atoms with Gasteiger partial charge in [-0.05, 0) is 43.3 Å². The number of aryl methyl sites for hydroxylation is 1. The number of nitrogens with zero attached hydrogens (tertiary/aromatic N) is 2. The van der Waals surface area contributed by atoms with E-state index in [9.17, 15) is 9.59 Å². The highest BCUT2D eigenvalue weighted by Crippen LogP contribution is 2.20. The molecule has 2 aromatic rings. The SMILES string of the molecule is Cc1ccc(N=Nc2ccc(NC(=O)CCC(=O)O)cc2)cc1. The van der Waals surface area contributed by atoms with E-state index in [4.69, 9.17) is 5.11 Å². The van der Waals surface area contributed by atoms with Crippen molar-refractivity contribution in [1.82, 2.24) is 0 Å². The van der Waals surface area contributed by atoms with Crippen molar-refractivity contribution in [2.45, 2.75) is 19.8 Å². The smallest absolute Gasteiger partial charge is 0.303 e. The van der Waals surface area contributed by atoms with E-state index in [2.05, 4.69) is 15.5 Å². The number of rotatable bonds is 6. The Kier molecular flexibility index (Phi) is 5.57. The number of benzene rings is 2. The van der Waals surface area contributed by atoms with Crippen molar-refractivity contribution in [3.63, 3.8) is 0 Å². The minimum Gasteiger partial charge on any atom is -0.481 e. The number of carboxylic acids is 1. The Balaban J connectivity index is 1.92. The van der Waals surface area contributed by atoms with Crippen LogP contribution < -0.4 is 5.32 Å². The van der Waals surface area contributed by atoms with Gasteiger partial charge in [-0.3, -0.25) is 9.59 Å². The van der Waals surface area contributed by atoms with Crippen molar-refractivity contribution < 1.29 is 14.7 Å². The first kappa shape index (κ1) is 16.4. The average Bonchev–Trinajstić information content (AvgIpc) is 2.54. The number of nitrogens with one attached hydrogen (secondary N) is 1. The van der Waals surface area contributed by atoms with Crippen molar-refractivity contribution in [2.24, 2.45) is 10.2 Å². The number of azo groups is 1. The molecular weight excluding hydrogens is 294 g/mol. The Morgan fingerprint density at radius 3 is 1.96 bits per heavy atom. The van der Waals surface area contributed by atoms with Gasteiger partial charge in [0.2, 0.25) is 5.91 Å². The second-order valence-electron chi connectivity index (χ2n) is 5.02. The van der Waals surface area contributed by atoms with E-state index in [0.29, 0.717) is 11.4 Å². The number of anilines is 1. The van der Waals surface area contributed by atoms with Gasteiger partial charge in [0.05, 0.1) is 17.8 Å². The van der Waals surface area contributed by atoms with Gasteiger partial charge in [-0.1, -0.05) is 17.7 Å². The zero-order chi connectivity index (χ0) is 16.7. The maximum absolute atomic E-state index is 11.5. The zero-order valence-corrected chi connectivity index (χ0v) is 12.7. The van der Waals surface area contributed by atoms with E-state index >= 15 is 0 Å². The van der Waals surface area contributed by atoms with Crippen LogP contribution in [0, 0.1) is 6.92 Å². The molecule has 0 heterocycles. The minimum absolute atomic E-state index is 0.0514. The Hall–Kier alpha value is -3.02. The Morgan fingerprint density at radius 1 is 0.913 bits per heavy atom. The molecule has 0 bridgehead atoms. The highest BCUT2D eigenvalue weighted by atomic mass is 16.4. The van der Waals surface area contributed by atoms with Gasteiger partial charge >= 0.3 is 5.97 Å². The monoisotopic (exact) mass is 311 g/mol. The molecule has 0 radical (unpaired) electrons. The molecule has 0 saturated carbocycles. The first-order valence-electron chi connectivity index (χ1n) is 7.13. The molecule has 2 aromatic carbocycles. The van der Waals surface area contributed by atoms with Crippen LogP contribution in [0.15, 0.2) is 58.8 Å². The minimum atomic E-state index is -0.994. The summed E-state index contributed by atoms with van der Waals surface area (Å²) in [6.07, 6.45) is -0.237. The van der Waals surface area contributed by atoms with E-state index in [-0.39, 0.29) is 18.7 Å². The number of hydrogen-bond donors (Lipinski definition) is 2. The van der Waals surface area contributed by atoms with Gasteiger partial charge in [0.15, 0.2) is 0 Å². The van der Waals surface area contributed by atoms with E-state index in [1.165, 1.54) is 0 Å². The number of carbonyl (C=O) groups is 2. The molecule has 0 aliphatic rings.